The van der Waals surface area contributed by atoms with Crippen LogP contribution in [-0.2, 0) is 6.42 Å². The van der Waals surface area contributed by atoms with Crippen LogP contribution < -0.4 is 10.9 Å². The van der Waals surface area contributed by atoms with Crippen LogP contribution in [0.4, 0.5) is 0 Å². The number of ketones is 1. The van der Waals surface area contributed by atoms with Crippen molar-refractivity contribution in [1.82, 2.24) is 10.3 Å². The predicted molar refractivity (Wildman–Crippen MR) is 114 cm³/mol. The topological polar surface area (TPSA) is 79.0 Å². The van der Waals surface area contributed by atoms with E-state index in [1.807, 2.05) is 44.2 Å². The number of aromatic nitrogens is 1. The molecule has 2 aromatic rings. The lowest BCUT2D eigenvalue weighted by Crippen LogP contribution is -2.37. The van der Waals surface area contributed by atoms with Gasteiger partial charge in [0, 0.05) is 17.7 Å². The second-order valence-corrected chi connectivity index (χ2v) is 10.0. The lowest BCUT2D eigenvalue weighted by atomic mass is 9.75. The number of carbonyl (C=O) groups excluding carboxylic acids is 2. The molecule has 5 nitrogen and oxygen atoms in total. The summed E-state index contributed by atoms with van der Waals surface area (Å²) in [6, 6.07) is 11.0. The van der Waals surface area contributed by atoms with Crippen molar-refractivity contribution in [2.24, 2.45) is 10.8 Å². The Morgan fingerprint density at radius 2 is 1.79 bits per heavy atom. The van der Waals surface area contributed by atoms with Gasteiger partial charge in [0.15, 0.2) is 5.78 Å². The Morgan fingerprint density at radius 1 is 1.14 bits per heavy atom. The van der Waals surface area contributed by atoms with Gasteiger partial charge in [0.2, 0.25) is 0 Å². The maximum atomic E-state index is 13.0. The van der Waals surface area contributed by atoms with E-state index in [1.54, 1.807) is 0 Å². The molecule has 1 unspecified atom stereocenters. The van der Waals surface area contributed by atoms with E-state index >= 15 is 0 Å². The number of amides is 1. The van der Waals surface area contributed by atoms with Crippen molar-refractivity contribution in [2.75, 3.05) is 0 Å². The Kier molecular flexibility index (Phi) is 5.52. The standard InChI is InChI=1S/C24H30N2O3/c1-23(2,3)12-18(15-9-7-6-8-10-15)25-21(28)17-11-16-19(26-22(17)29)13-24(4,5)14-20(16)27/h6-11,18H,12-14H2,1-5H3,(H,25,28)(H,26,29). The largest absolute Gasteiger partial charge is 0.345 e. The van der Waals surface area contributed by atoms with Crippen molar-refractivity contribution in [1.29, 1.82) is 0 Å². The molecule has 0 radical (unpaired) electrons. The number of nitrogens with one attached hydrogen (secondary N) is 2. The number of H-pyrrole nitrogens is 1. The first-order chi connectivity index (χ1) is 13.5. The number of pyridine rings is 1. The summed E-state index contributed by atoms with van der Waals surface area (Å²) in [7, 11) is 0. The fourth-order valence-corrected chi connectivity index (χ4v) is 3.98. The Morgan fingerprint density at radius 3 is 2.41 bits per heavy atom. The molecule has 1 aliphatic rings. The van der Waals surface area contributed by atoms with Crippen molar-refractivity contribution < 1.29 is 9.59 Å². The summed E-state index contributed by atoms with van der Waals surface area (Å²) in [5.74, 6) is -0.486. The van der Waals surface area contributed by atoms with Crippen molar-refractivity contribution in [3.63, 3.8) is 0 Å². The predicted octanol–water partition coefficient (Wildman–Crippen LogP) is 4.44. The van der Waals surface area contributed by atoms with Gasteiger partial charge in [-0.1, -0.05) is 65.0 Å². The van der Waals surface area contributed by atoms with Crippen molar-refractivity contribution in [2.45, 2.75) is 59.9 Å². The third kappa shape index (κ3) is 5.03. The molecule has 1 atom stereocenters. The normalized spacial score (nSPS) is 16.8. The van der Waals surface area contributed by atoms with Gasteiger partial charge in [-0.2, -0.15) is 0 Å². The van der Waals surface area contributed by atoms with Gasteiger partial charge in [-0.05, 0) is 35.3 Å². The molecule has 1 heterocycles. The first-order valence-corrected chi connectivity index (χ1v) is 10.1. The van der Waals surface area contributed by atoms with Crippen LogP contribution in [0.2, 0.25) is 0 Å². The molecule has 29 heavy (non-hydrogen) atoms. The molecular weight excluding hydrogens is 364 g/mol. The third-order valence-corrected chi connectivity index (χ3v) is 5.29. The fourth-order valence-electron chi connectivity index (χ4n) is 3.98. The maximum absolute atomic E-state index is 13.0. The number of hydrogen-bond acceptors (Lipinski definition) is 3. The number of rotatable bonds is 4. The number of fused-ring (bicyclic) bond motifs is 1. The van der Waals surface area contributed by atoms with E-state index in [2.05, 4.69) is 31.1 Å². The smallest absolute Gasteiger partial charge is 0.261 e. The summed E-state index contributed by atoms with van der Waals surface area (Å²) in [5.41, 5.74) is 1.41. The summed E-state index contributed by atoms with van der Waals surface area (Å²) in [6.07, 6.45) is 1.74. The highest BCUT2D eigenvalue weighted by Gasteiger charge is 2.33. The number of Topliss-reactive ketones (excluding diaryl/α,β-unsaturated/α-hetero) is 1. The highest BCUT2D eigenvalue weighted by Crippen LogP contribution is 2.33. The third-order valence-electron chi connectivity index (χ3n) is 5.29. The molecule has 5 heteroatoms. The Bertz CT molecular complexity index is 981. The molecular formula is C24H30N2O3. The molecule has 0 saturated carbocycles. The molecule has 0 saturated heterocycles. The summed E-state index contributed by atoms with van der Waals surface area (Å²) in [4.78, 5) is 41.0. The van der Waals surface area contributed by atoms with Gasteiger partial charge in [0.05, 0.1) is 6.04 Å². The monoisotopic (exact) mass is 394 g/mol. The van der Waals surface area contributed by atoms with Crippen LogP contribution in [0.25, 0.3) is 0 Å². The molecule has 1 aromatic carbocycles. The van der Waals surface area contributed by atoms with Crippen LogP contribution in [-0.4, -0.2) is 16.7 Å². The Hall–Kier alpha value is -2.69. The van der Waals surface area contributed by atoms with Crippen LogP contribution >= 0.6 is 0 Å². The van der Waals surface area contributed by atoms with Gasteiger partial charge < -0.3 is 10.3 Å². The summed E-state index contributed by atoms with van der Waals surface area (Å²) in [5, 5.41) is 3.01. The molecule has 0 fully saturated rings. The zero-order valence-electron chi connectivity index (χ0n) is 17.9. The molecule has 2 N–H and O–H groups in total. The minimum atomic E-state index is -0.454. The molecule has 0 bridgehead atoms. The molecule has 1 aliphatic carbocycles. The number of aromatic amines is 1. The lowest BCUT2D eigenvalue weighted by Gasteiger charge is -2.30. The van der Waals surface area contributed by atoms with E-state index in [9.17, 15) is 14.4 Å². The Labute approximate surface area is 171 Å². The lowest BCUT2D eigenvalue weighted by molar-refractivity contribution is 0.0910. The van der Waals surface area contributed by atoms with Crippen molar-refractivity contribution in [3.8, 4) is 0 Å². The van der Waals surface area contributed by atoms with Crippen LogP contribution in [0.15, 0.2) is 41.2 Å². The first-order valence-electron chi connectivity index (χ1n) is 10.1. The first kappa shape index (κ1) is 21.0. The van der Waals surface area contributed by atoms with E-state index in [0.29, 0.717) is 24.1 Å². The second-order valence-electron chi connectivity index (χ2n) is 10.0. The minimum absolute atomic E-state index is 0.00773. The molecule has 0 spiro atoms. The van der Waals surface area contributed by atoms with E-state index < -0.39 is 11.5 Å². The van der Waals surface area contributed by atoms with Crippen LogP contribution in [0.3, 0.4) is 0 Å². The van der Waals surface area contributed by atoms with Crippen LogP contribution in [0.5, 0.6) is 0 Å². The number of carbonyl (C=O) groups is 2. The van der Waals surface area contributed by atoms with E-state index in [-0.39, 0.29) is 28.2 Å². The minimum Gasteiger partial charge on any atom is -0.345 e. The number of hydrogen-bond donors (Lipinski definition) is 2. The van der Waals surface area contributed by atoms with Crippen molar-refractivity contribution in [3.05, 3.63) is 69.1 Å². The maximum Gasteiger partial charge on any atom is 0.261 e. The summed E-state index contributed by atoms with van der Waals surface area (Å²) in [6.45, 7) is 10.3. The van der Waals surface area contributed by atoms with Gasteiger partial charge in [-0.25, -0.2) is 0 Å². The van der Waals surface area contributed by atoms with E-state index in [1.165, 1.54) is 6.07 Å². The molecule has 1 amide bonds. The molecule has 154 valence electrons. The van der Waals surface area contributed by atoms with E-state index in [4.69, 9.17) is 0 Å². The average molecular weight is 395 g/mol. The second kappa shape index (κ2) is 7.62. The highest BCUT2D eigenvalue weighted by molar-refractivity contribution is 6.02. The van der Waals surface area contributed by atoms with Gasteiger partial charge in [0.25, 0.3) is 11.5 Å². The van der Waals surface area contributed by atoms with Gasteiger partial charge in [-0.3, -0.25) is 14.4 Å². The van der Waals surface area contributed by atoms with Crippen LogP contribution in [0, 0.1) is 10.8 Å². The molecule has 3 rings (SSSR count). The SMILES string of the molecule is CC(C)(C)CC(NC(=O)c1cc2c([nH]c1=O)CC(C)(C)CC2=O)c1ccccc1. The fraction of sp³-hybridized carbons (Fsp3) is 0.458. The quantitative estimate of drug-likeness (QED) is 0.805. The zero-order chi connectivity index (χ0) is 21.4. The average Bonchev–Trinajstić information content (AvgIpc) is 2.59. The number of benzene rings is 1. The van der Waals surface area contributed by atoms with E-state index in [0.717, 1.165) is 12.0 Å². The Balaban J connectivity index is 1.92. The van der Waals surface area contributed by atoms with Gasteiger partial charge >= 0.3 is 0 Å². The summed E-state index contributed by atoms with van der Waals surface area (Å²) >= 11 is 0. The molecule has 1 aromatic heterocycles. The van der Waals surface area contributed by atoms with Crippen LogP contribution in [0.1, 0.15) is 85.5 Å². The van der Waals surface area contributed by atoms with Gasteiger partial charge in [0.1, 0.15) is 5.56 Å². The van der Waals surface area contributed by atoms with Crippen molar-refractivity contribution >= 4 is 11.7 Å². The summed E-state index contributed by atoms with van der Waals surface area (Å²) < 4.78 is 0. The molecule has 0 aliphatic heterocycles. The van der Waals surface area contributed by atoms with Gasteiger partial charge in [-0.15, -0.1) is 0 Å². The highest BCUT2D eigenvalue weighted by atomic mass is 16.2. The zero-order valence-corrected chi connectivity index (χ0v) is 17.9.